The number of hydrogen-bond donors (Lipinski definition) is 1. The Bertz CT molecular complexity index is 502. The monoisotopic (exact) mass is 204 g/mol. The van der Waals surface area contributed by atoms with Gasteiger partial charge >= 0.3 is 5.97 Å². The molecular weight excluding hydrogens is 192 g/mol. The molecule has 0 aromatic carbocycles. The maximum Gasteiger partial charge on any atom is 0.354 e. The van der Waals surface area contributed by atoms with Crippen LogP contribution < -0.4 is 0 Å². The van der Waals surface area contributed by atoms with Crippen LogP contribution in [0.5, 0.6) is 0 Å². The number of aryl methyl sites for hydroxylation is 1. The van der Waals surface area contributed by atoms with E-state index in [2.05, 4.69) is 4.98 Å². The average molecular weight is 204 g/mol. The standard InChI is InChI=1S/C11H12N2O2/c1-2-5-8-10(11(14)15)13-7-4-3-6-9(13)12-8/h3-4,6-7H,2,5H2,1H3,(H,14,15). The molecule has 2 heterocycles. The summed E-state index contributed by atoms with van der Waals surface area (Å²) in [5, 5.41) is 9.12. The van der Waals surface area contributed by atoms with E-state index in [1.54, 1.807) is 16.7 Å². The van der Waals surface area contributed by atoms with E-state index < -0.39 is 5.97 Å². The molecule has 2 aromatic heterocycles. The minimum atomic E-state index is -0.919. The highest BCUT2D eigenvalue weighted by Gasteiger charge is 2.16. The van der Waals surface area contributed by atoms with E-state index in [-0.39, 0.29) is 5.69 Å². The number of carboxylic acids is 1. The van der Waals surface area contributed by atoms with Gasteiger partial charge < -0.3 is 5.11 Å². The van der Waals surface area contributed by atoms with Crippen LogP contribution in [0.3, 0.4) is 0 Å². The van der Waals surface area contributed by atoms with E-state index >= 15 is 0 Å². The molecule has 15 heavy (non-hydrogen) atoms. The Morgan fingerprint density at radius 3 is 3.00 bits per heavy atom. The third-order valence-corrected chi connectivity index (χ3v) is 2.29. The van der Waals surface area contributed by atoms with Crippen LogP contribution in [0.15, 0.2) is 24.4 Å². The minimum Gasteiger partial charge on any atom is -0.477 e. The lowest BCUT2D eigenvalue weighted by Gasteiger charge is -1.97. The SMILES string of the molecule is CCCc1nc2ccccn2c1C(=O)O. The van der Waals surface area contributed by atoms with Crippen LogP contribution in [0.4, 0.5) is 0 Å². The summed E-state index contributed by atoms with van der Waals surface area (Å²) in [6.07, 6.45) is 3.32. The molecule has 2 rings (SSSR count). The number of aromatic nitrogens is 2. The number of aromatic carboxylic acids is 1. The van der Waals surface area contributed by atoms with Gasteiger partial charge in [0.1, 0.15) is 5.65 Å². The molecule has 0 fully saturated rings. The molecular formula is C11H12N2O2. The fourth-order valence-corrected chi connectivity index (χ4v) is 1.68. The second kappa shape index (κ2) is 3.73. The number of rotatable bonds is 3. The Hall–Kier alpha value is -1.84. The Balaban J connectivity index is 2.69. The highest BCUT2D eigenvalue weighted by molar-refractivity contribution is 5.88. The molecule has 78 valence electrons. The van der Waals surface area contributed by atoms with Crippen LogP contribution in [0.25, 0.3) is 5.65 Å². The van der Waals surface area contributed by atoms with E-state index in [1.165, 1.54) is 0 Å². The second-order valence-electron chi connectivity index (χ2n) is 3.39. The number of carbonyl (C=O) groups is 1. The number of hydrogen-bond acceptors (Lipinski definition) is 2. The van der Waals surface area contributed by atoms with Gasteiger partial charge in [-0.05, 0) is 18.6 Å². The van der Waals surface area contributed by atoms with Crippen LogP contribution in [-0.2, 0) is 6.42 Å². The Labute approximate surface area is 87.2 Å². The summed E-state index contributed by atoms with van der Waals surface area (Å²) in [6, 6.07) is 5.46. The van der Waals surface area contributed by atoms with Gasteiger partial charge in [0, 0.05) is 6.20 Å². The van der Waals surface area contributed by atoms with Crippen LogP contribution in [0, 0.1) is 0 Å². The van der Waals surface area contributed by atoms with Crippen LogP contribution in [0.1, 0.15) is 29.5 Å². The molecule has 0 saturated heterocycles. The molecule has 0 atom stereocenters. The van der Waals surface area contributed by atoms with Crippen molar-refractivity contribution >= 4 is 11.6 Å². The first-order valence-corrected chi connectivity index (χ1v) is 4.93. The van der Waals surface area contributed by atoms with Gasteiger partial charge in [-0.1, -0.05) is 19.4 Å². The molecule has 0 amide bonds. The van der Waals surface area contributed by atoms with E-state index in [1.807, 2.05) is 19.1 Å². The predicted octanol–water partition coefficient (Wildman–Crippen LogP) is 1.99. The molecule has 0 bridgehead atoms. The molecule has 0 saturated carbocycles. The highest BCUT2D eigenvalue weighted by Crippen LogP contribution is 2.14. The van der Waals surface area contributed by atoms with Crippen molar-refractivity contribution in [2.75, 3.05) is 0 Å². The lowest BCUT2D eigenvalue weighted by atomic mass is 10.2. The number of fused-ring (bicyclic) bond motifs is 1. The number of pyridine rings is 1. The molecule has 2 aromatic rings. The summed E-state index contributed by atoms with van der Waals surface area (Å²) >= 11 is 0. The maximum atomic E-state index is 11.1. The van der Waals surface area contributed by atoms with Crippen molar-refractivity contribution in [3.05, 3.63) is 35.8 Å². The Kier molecular flexibility index (Phi) is 2.41. The van der Waals surface area contributed by atoms with Crippen molar-refractivity contribution in [3.8, 4) is 0 Å². The van der Waals surface area contributed by atoms with Crippen molar-refractivity contribution in [1.29, 1.82) is 0 Å². The number of nitrogens with zero attached hydrogens (tertiary/aromatic N) is 2. The molecule has 0 radical (unpaired) electrons. The fourth-order valence-electron chi connectivity index (χ4n) is 1.68. The molecule has 0 spiro atoms. The van der Waals surface area contributed by atoms with Crippen molar-refractivity contribution in [3.63, 3.8) is 0 Å². The first-order chi connectivity index (χ1) is 7.24. The summed E-state index contributed by atoms with van der Waals surface area (Å²) in [4.78, 5) is 15.4. The van der Waals surface area contributed by atoms with E-state index in [0.717, 1.165) is 6.42 Å². The zero-order valence-corrected chi connectivity index (χ0v) is 8.47. The molecule has 0 aliphatic carbocycles. The third-order valence-electron chi connectivity index (χ3n) is 2.29. The smallest absolute Gasteiger partial charge is 0.354 e. The van der Waals surface area contributed by atoms with Crippen molar-refractivity contribution < 1.29 is 9.90 Å². The number of imidazole rings is 1. The average Bonchev–Trinajstić information content (AvgIpc) is 2.56. The van der Waals surface area contributed by atoms with Crippen molar-refractivity contribution in [2.24, 2.45) is 0 Å². The van der Waals surface area contributed by atoms with Gasteiger partial charge in [0.05, 0.1) is 5.69 Å². The minimum absolute atomic E-state index is 0.285. The fraction of sp³-hybridized carbons (Fsp3) is 0.273. The van der Waals surface area contributed by atoms with E-state index in [0.29, 0.717) is 17.8 Å². The Morgan fingerprint density at radius 2 is 2.33 bits per heavy atom. The molecule has 0 aliphatic heterocycles. The first-order valence-electron chi connectivity index (χ1n) is 4.93. The van der Waals surface area contributed by atoms with Gasteiger partial charge in [0.2, 0.25) is 0 Å². The highest BCUT2D eigenvalue weighted by atomic mass is 16.4. The van der Waals surface area contributed by atoms with Gasteiger partial charge in [0.25, 0.3) is 0 Å². The van der Waals surface area contributed by atoms with Crippen LogP contribution >= 0.6 is 0 Å². The zero-order chi connectivity index (χ0) is 10.8. The van der Waals surface area contributed by atoms with Crippen LogP contribution in [-0.4, -0.2) is 20.5 Å². The van der Waals surface area contributed by atoms with Gasteiger partial charge in [-0.25, -0.2) is 9.78 Å². The lowest BCUT2D eigenvalue weighted by Crippen LogP contribution is -2.05. The van der Waals surface area contributed by atoms with Crippen LogP contribution in [0.2, 0.25) is 0 Å². The maximum absolute atomic E-state index is 11.1. The van der Waals surface area contributed by atoms with Gasteiger partial charge in [-0.3, -0.25) is 4.40 Å². The molecule has 1 N–H and O–H groups in total. The number of carboxylic acid groups (broad SMARTS) is 1. The lowest BCUT2D eigenvalue weighted by molar-refractivity contribution is 0.0688. The quantitative estimate of drug-likeness (QED) is 0.831. The normalized spacial score (nSPS) is 10.7. The Morgan fingerprint density at radius 1 is 1.53 bits per heavy atom. The third kappa shape index (κ3) is 1.58. The molecule has 4 heteroatoms. The largest absolute Gasteiger partial charge is 0.477 e. The summed E-state index contributed by atoms with van der Waals surface area (Å²) in [6.45, 7) is 2.01. The summed E-state index contributed by atoms with van der Waals surface area (Å²) < 4.78 is 1.62. The van der Waals surface area contributed by atoms with Crippen molar-refractivity contribution in [2.45, 2.75) is 19.8 Å². The molecule has 0 aliphatic rings. The van der Waals surface area contributed by atoms with Gasteiger partial charge in [-0.2, -0.15) is 0 Å². The summed E-state index contributed by atoms with van der Waals surface area (Å²) in [7, 11) is 0. The summed E-state index contributed by atoms with van der Waals surface area (Å²) in [5.74, 6) is -0.919. The summed E-state index contributed by atoms with van der Waals surface area (Å²) in [5.41, 5.74) is 1.64. The second-order valence-corrected chi connectivity index (χ2v) is 3.39. The van der Waals surface area contributed by atoms with E-state index in [9.17, 15) is 4.79 Å². The van der Waals surface area contributed by atoms with Gasteiger partial charge in [-0.15, -0.1) is 0 Å². The predicted molar refractivity (Wildman–Crippen MR) is 56.1 cm³/mol. The van der Waals surface area contributed by atoms with Gasteiger partial charge in [0.15, 0.2) is 5.69 Å². The van der Waals surface area contributed by atoms with Crippen molar-refractivity contribution in [1.82, 2.24) is 9.38 Å². The van der Waals surface area contributed by atoms with E-state index in [4.69, 9.17) is 5.11 Å². The topological polar surface area (TPSA) is 54.6 Å². The zero-order valence-electron chi connectivity index (χ0n) is 8.47. The molecule has 0 unspecified atom stereocenters. The first kappa shape index (κ1) is 9.71. The molecule has 4 nitrogen and oxygen atoms in total.